The number of fused-ring (bicyclic) bond motifs is 1. The van der Waals surface area contributed by atoms with E-state index < -0.39 is 5.41 Å². The van der Waals surface area contributed by atoms with Crippen LogP contribution in [-0.4, -0.2) is 62.5 Å². The predicted molar refractivity (Wildman–Crippen MR) is 108 cm³/mol. The zero-order valence-electron chi connectivity index (χ0n) is 16.2. The van der Waals surface area contributed by atoms with Crippen molar-refractivity contribution >= 4 is 30.1 Å². The van der Waals surface area contributed by atoms with E-state index in [2.05, 4.69) is 10.6 Å². The second-order valence-corrected chi connectivity index (χ2v) is 7.23. The van der Waals surface area contributed by atoms with Gasteiger partial charge in [-0.15, -0.1) is 12.4 Å². The van der Waals surface area contributed by atoms with E-state index in [0.717, 1.165) is 25.9 Å². The Bertz CT molecular complexity index is 679. The van der Waals surface area contributed by atoms with Crippen LogP contribution in [0.1, 0.15) is 46.4 Å². The molecule has 0 unspecified atom stereocenters. The maximum absolute atomic E-state index is 12.6. The number of methoxy groups -OCH3 is 1. The van der Waals surface area contributed by atoms with Crippen molar-refractivity contribution in [3.63, 3.8) is 0 Å². The largest absolute Gasteiger partial charge is 0.384 e. The number of carbonyl (C=O) groups is 3. The second-order valence-electron chi connectivity index (χ2n) is 7.23. The third kappa shape index (κ3) is 4.54. The van der Waals surface area contributed by atoms with Crippen LogP contribution in [0.3, 0.4) is 0 Å². The van der Waals surface area contributed by atoms with Gasteiger partial charge in [0.25, 0.3) is 11.8 Å². The van der Waals surface area contributed by atoms with Gasteiger partial charge >= 0.3 is 0 Å². The van der Waals surface area contributed by atoms with E-state index in [0.29, 0.717) is 43.7 Å². The summed E-state index contributed by atoms with van der Waals surface area (Å²) in [5, 5.41) is 6.28. The van der Waals surface area contributed by atoms with Crippen molar-refractivity contribution < 1.29 is 19.1 Å². The van der Waals surface area contributed by atoms with Gasteiger partial charge in [0.2, 0.25) is 5.91 Å². The number of unbranched alkanes of at least 4 members (excludes halogenated alkanes) is 1. The molecule has 3 rings (SSSR count). The summed E-state index contributed by atoms with van der Waals surface area (Å²) in [6, 6.07) is 6.90. The topological polar surface area (TPSA) is 87.7 Å². The van der Waals surface area contributed by atoms with E-state index in [9.17, 15) is 14.4 Å². The fraction of sp³-hybridized carbons (Fsp3) is 0.550. The molecule has 2 aliphatic rings. The number of piperidine rings is 1. The lowest BCUT2D eigenvalue weighted by Crippen LogP contribution is -2.50. The van der Waals surface area contributed by atoms with Gasteiger partial charge in [-0.2, -0.15) is 0 Å². The molecule has 0 atom stereocenters. The van der Waals surface area contributed by atoms with Gasteiger partial charge in [-0.05, 0) is 50.9 Å². The Labute approximate surface area is 171 Å². The third-order valence-corrected chi connectivity index (χ3v) is 5.44. The third-order valence-electron chi connectivity index (χ3n) is 5.44. The highest BCUT2D eigenvalue weighted by molar-refractivity contribution is 6.21. The zero-order valence-corrected chi connectivity index (χ0v) is 17.0. The molecule has 2 heterocycles. The summed E-state index contributed by atoms with van der Waals surface area (Å²) in [6.07, 6.45) is 2.90. The molecule has 1 saturated heterocycles. The second kappa shape index (κ2) is 10.0. The number of amides is 3. The highest BCUT2D eigenvalue weighted by Gasteiger charge is 2.39. The highest BCUT2D eigenvalue weighted by atomic mass is 35.5. The van der Waals surface area contributed by atoms with Crippen molar-refractivity contribution in [2.75, 3.05) is 39.9 Å². The van der Waals surface area contributed by atoms with Gasteiger partial charge in [-0.3, -0.25) is 19.3 Å². The Morgan fingerprint density at radius 2 is 1.75 bits per heavy atom. The number of ether oxygens (including phenoxy) is 1. The fourth-order valence-electron chi connectivity index (χ4n) is 3.85. The van der Waals surface area contributed by atoms with Crippen molar-refractivity contribution in [3.05, 3.63) is 35.4 Å². The van der Waals surface area contributed by atoms with Gasteiger partial charge in [0.15, 0.2) is 0 Å². The minimum Gasteiger partial charge on any atom is -0.384 e. The molecule has 0 spiro atoms. The summed E-state index contributed by atoms with van der Waals surface area (Å²) in [5.74, 6) is -0.423. The summed E-state index contributed by atoms with van der Waals surface area (Å²) in [6.45, 7) is 2.96. The lowest BCUT2D eigenvalue weighted by atomic mass is 9.78. The minimum atomic E-state index is -0.456. The van der Waals surface area contributed by atoms with Crippen molar-refractivity contribution in [2.24, 2.45) is 5.41 Å². The lowest BCUT2D eigenvalue weighted by molar-refractivity contribution is -0.136. The molecule has 3 amide bonds. The monoisotopic (exact) mass is 409 g/mol. The van der Waals surface area contributed by atoms with Gasteiger partial charge in [0, 0.05) is 20.2 Å². The fourth-order valence-corrected chi connectivity index (χ4v) is 3.85. The molecule has 1 aromatic rings. The van der Waals surface area contributed by atoms with Crippen LogP contribution >= 0.6 is 12.4 Å². The summed E-state index contributed by atoms with van der Waals surface area (Å²) < 4.78 is 5.28. The first-order valence-corrected chi connectivity index (χ1v) is 9.52. The molecular formula is C20H28ClN3O4. The first-order chi connectivity index (χ1) is 13.1. The van der Waals surface area contributed by atoms with E-state index in [1.54, 1.807) is 31.4 Å². The number of hydrogen-bond acceptors (Lipinski definition) is 5. The van der Waals surface area contributed by atoms with Crippen LogP contribution in [0.4, 0.5) is 0 Å². The number of nitrogens with one attached hydrogen (secondary N) is 2. The molecule has 28 heavy (non-hydrogen) atoms. The molecule has 0 aliphatic carbocycles. The number of hydrogen-bond donors (Lipinski definition) is 2. The number of nitrogens with zero attached hydrogens (tertiary/aromatic N) is 1. The number of carbonyl (C=O) groups excluding carboxylic acids is 3. The quantitative estimate of drug-likeness (QED) is 0.503. The number of benzene rings is 1. The summed E-state index contributed by atoms with van der Waals surface area (Å²) in [7, 11) is 1.62. The van der Waals surface area contributed by atoms with Crippen molar-refractivity contribution in [3.8, 4) is 0 Å². The van der Waals surface area contributed by atoms with Gasteiger partial charge in [0.05, 0.1) is 23.1 Å². The van der Waals surface area contributed by atoms with E-state index >= 15 is 0 Å². The van der Waals surface area contributed by atoms with Gasteiger partial charge in [0.1, 0.15) is 0 Å². The summed E-state index contributed by atoms with van der Waals surface area (Å²) in [5.41, 5.74) is 0.495. The van der Waals surface area contributed by atoms with Gasteiger partial charge in [-0.1, -0.05) is 12.1 Å². The van der Waals surface area contributed by atoms with Crippen LogP contribution in [0.2, 0.25) is 0 Å². The Kier molecular flexibility index (Phi) is 7.98. The maximum atomic E-state index is 12.6. The zero-order chi connectivity index (χ0) is 19.3. The molecule has 0 aromatic heterocycles. The lowest BCUT2D eigenvalue weighted by Gasteiger charge is -2.35. The predicted octanol–water partition coefficient (Wildman–Crippen LogP) is 1.62. The van der Waals surface area contributed by atoms with Crippen LogP contribution in [0.5, 0.6) is 0 Å². The molecule has 1 aromatic carbocycles. The van der Waals surface area contributed by atoms with Gasteiger partial charge in [-0.25, -0.2) is 0 Å². The highest BCUT2D eigenvalue weighted by Crippen LogP contribution is 2.29. The van der Waals surface area contributed by atoms with Crippen molar-refractivity contribution in [1.29, 1.82) is 0 Å². The molecule has 8 heteroatoms. The standard InChI is InChI=1S/C20H27N3O4.ClH/c1-27-14-20(8-11-21-12-9-20)19(26)22-10-4-5-13-23-17(24)15-6-2-3-7-16(15)18(23)25;/h2-3,6-7,21H,4-5,8-14H2,1H3,(H,22,26);1H. The van der Waals surface area contributed by atoms with Crippen molar-refractivity contribution in [2.45, 2.75) is 25.7 Å². The molecule has 0 bridgehead atoms. The first kappa shape index (κ1) is 22.3. The molecule has 2 aliphatic heterocycles. The SMILES string of the molecule is COCC1(C(=O)NCCCCN2C(=O)c3ccccc3C2=O)CCNCC1.Cl. The van der Waals surface area contributed by atoms with E-state index in [1.165, 1.54) is 4.90 Å². The van der Waals surface area contributed by atoms with Crippen LogP contribution in [0.25, 0.3) is 0 Å². The Balaban J connectivity index is 0.00000280. The molecule has 2 N–H and O–H groups in total. The van der Waals surface area contributed by atoms with E-state index in [-0.39, 0.29) is 30.1 Å². The normalized spacial score (nSPS) is 17.8. The molecular weight excluding hydrogens is 382 g/mol. The summed E-state index contributed by atoms with van der Waals surface area (Å²) >= 11 is 0. The van der Waals surface area contributed by atoms with Crippen molar-refractivity contribution in [1.82, 2.24) is 15.5 Å². The molecule has 0 saturated carbocycles. The molecule has 154 valence electrons. The Hall–Kier alpha value is -1.96. The minimum absolute atomic E-state index is 0. The molecule has 1 fully saturated rings. The molecule has 7 nitrogen and oxygen atoms in total. The van der Waals surface area contributed by atoms with Crippen LogP contribution in [-0.2, 0) is 9.53 Å². The average Bonchev–Trinajstić information content (AvgIpc) is 2.93. The van der Waals surface area contributed by atoms with E-state index in [1.807, 2.05) is 0 Å². The number of halogens is 1. The first-order valence-electron chi connectivity index (χ1n) is 9.52. The number of rotatable bonds is 8. The maximum Gasteiger partial charge on any atom is 0.261 e. The summed E-state index contributed by atoms with van der Waals surface area (Å²) in [4.78, 5) is 38.6. The van der Waals surface area contributed by atoms with Crippen LogP contribution in [0, 0.1) is 5.41 Å². The molecule has 0 radical (unpaired) electrons. The number of imide groups is 1. The average molecular weight is 410 g/mol. The Morgan fingerprint density at radius 3 is 2.32 bits per heavy atom. The smallest absolute Gasteiger partial charge is 0.261 e. The van der Waals surface area contributed by atoms with Gasteiger partial charge < -0.3 is 15.4 Å². The van der Waals surface area contributed by atoms with Crippen LogP contribution < -0.4 is 10.6 Å². The van der Waals surface area contributed by atoms with E-state index in [4.69, 9.17) is 4.74 Å². The van der Waals surface area contributed by atoms with Crippen LogP contribution in [0.15, 0.2) is 24.3 Å². The Morgan fingerprint density at radius 1 is 1.14 bits per heavy atom.